The van der Waals surface area contributed by atoms with Gasteiger partial charge in [-0.25, -0.2) is 4.79 Å². The van der Waals surface area contributed by atoms with Crippen LogP contribution in [-0.2, 0) is 9.53 Å². The fourth-order valence-electron chi connectivity index (χ4n) is 1.81. The minimum absolute atomic E-state index is 0.0302. The number of carbonyl (C=O) groups is 2. The number of ether oxygens (including phenoxy) is 1. The Morgan fingerprint density at radius 1 is 1.09 bits per heavy atom. The third-order valence-electron chi connectivity index (χ3n) is 2.97. The highest BCUT2D eigenvalue weighted by Gasteiger charge is 2.17. The molecular weight excluding hydrogens is 361 g/mol. The van der Waals surface area contributed by atoms with Crippen LogP contribution in [0.1, 0.15) is 15.9 Å². The highest BCUT2D eigenvalue weighted by Crippen LogP contribution is 2.25. The van der Waals surface area contributed by atoms with E-state index in [1.54, 1.807) is 24.3 Å². The van der Waals surface area contributed by atoms with Crippen molar-refractivity contribution in [3.8, 4) is 0 Å². The third kappa shape index (κ3) is 4.61. The standard InChI is InChI=1S/C16H12Cl3NO3/c1-9-5-6-10(17)7-13(9)20-14(21)8-23-16(22)15-11(18)3-2-4-12(15)19/h2-7H,8H2,1H3,(H,20,21). The maximum absolute atomic E-state index is 12.0. The summed E-state index contributed by atoms with van der Waals surface area (Å²) in [7, 11) is 0. The normalized spacial score (nSPS) is 10.3. The van der Waals surface area contributed by atoms with Gasteiger partial charge in [-0.1, -0.05) is 46.9 Å². The molecule has 0 bridgehead atoms. The molecule has 0 unspecified atom stereocenters. The van der Waals surface area contributed by atoms with Crippen molar-refractivity contribution < 1.29 is 14.3 Å². The Labute approximate surface area is 148 Å². The van der Waals surface area contributed by atoms with Crippen LogP contribution in [0.4, 0.5) is 5.69 Å². The molecule has 120 valence electrons. The van der Waals surface area contributed by atoms with Gasteiger partial charge in [-0.05, 0) is 36.8 Å². The maximum atomic E-state index is 12.0. The van der Waals surface area contributed by atoms with Crippen molar-refractivity contribution >= 4 is 52.4 Å². The fraction of sp³-hybridized carbons (Fsp3) is 0.125. The number of esters is 1. The van der Waals surface area contributed by atoms with Crippen molar-refractivity contribution in [1.82, 2.24) is 0 Å². The molecule has 0 fully saturated rings. The lowest BCUT2D eigenvalue weighted by Gasteiger charge is -2.10. The SMILES string of the molecule is Cc1ccc(Cl)cc1NC(=O)COC(=O)c1c(Cl)cccc1Cl. The first kappa shape index (κ1) is 17.6. The van der Waals surface area contributed by atoms with Crippen molar-refractivity contribution in [2.45, 2.75) is 6.92 Å². The Morgan fingerprint density at radius 3 is 2.39 bits per heavy atom. The maximum Gasteiger partial charge on any atom is 0.341 e. The molecule has 4 nitrogen and oxygen atoms in total. The van der Waals surface area contributed by atoms with Gasteiger partial charge in [-0.15, -0.1) is 0 Å². The summed E-state index contributed by atoms with van der Waals surface area (Å²) in [5.41, 5.74) is 1.42. The highest BCUT2D eigenvalue weighted by atomic mass is 35.5. The predicted molar refractivity (Wildman–Crippen MR) is 91.6 cm³/mol. The van der Waals surface area contributed by atoms with Crippen LogP contribution in [-0.4, -0.2) is 18.5 Å². The number of anilines is 1. The van der Waals surface area contributed by atoms with E-state index in [1.807, 2.05) is 6.92 Å². The summed E-state index contributed by atoms with van der Waals surface area (Å²) in [6.07, 6.45) is 0. The molecule has 2 aromatic rings. The van der Waals surface area contributed by atoms with Crippen LogP contribution in [0.25, 0.3) is 0 Å². The average Bonchev–Trinajstić information content (AvgIpc) is 2.49. The second-order valence-electron chi connectivity index (χ2n) is 4.68. The molecule has 2 aromatic carbocycles. The van der Waals surface area contributed by atoms with E-state index in [2.05, 4.69) is 5.32 Å². The molecule has 0 aromatic heterocycles. The van der Waals surface area contributed by atoms with Crippen LogP contribution in [0.5, 0.6) is 0 Å². The molecule has 1 amide bonds. The zero-order chi connectivity index (χ0) is 17.0. The molecule has 0 spiro atoms. The van der Waals surface area contributed by atoms with E-state index in [0.29, 0.717) is 10.7 Å². The predicted octanol–water partition coefficient (Wildman–Crippen LogP) is 4.75. The Bertz CT molecular complexity index is 742. The van der Waals surface area contributed by atoms with E-state index in [-0.39, 0.29) is 15.6 Å². The molecule has 0 saturated heterocycles. The van der Waals surface area contributed by atoms with Crippen LogP contribution >= 0.6 is 34.8 Å². The van der Waals surface area contributed by atoms with E-state index in [4.69, 9.17) is 39.5 Å². The number of hydrogen-bond acceptors (Lipinski definition) is 3. The number of amides is 1. The number of rotatable bonds is 4. The summed E-state index contributed by atoms with van der Waals surface area (Å²) in [6.45, 7) is 1.35. The summed E-state index contributed by atoms with van der Waals surface area (Å²) in [6, 6.07) is 9.73. The highest BCUT2D eigenvalue weighted by molar-refractivity contribution is 6.39. The van der Waals surface area contributed by atoms with Crippen molar-refractivity contribution in [1.29, 1.82) is 0 Å². The van der Waals surface area contributed by atoms with E-state index in [0.717, 1.165) is 5.56 Å². The van der Waals surface area contributed by atoms with Crippen molar-refractivity contribution in [3.63, 3.8) is 0 Å². The molecule has 0 atom stereocenters. The van der Waals surface area contributed by atoms with Crippen LogP contribution in [0.3, 0.4) is 0 Å². The first-order chi connectivity index (χ1) is 10.9. The van der Waals surface area contributed by atoms with Gasteiger partial charge in [0.2, 0.25) is 0 Å². The number of hydrogen-bond donors (Lipinski definition) is 1. The Hall–Kier alpha value is -1.75. The lowest BCUT2D eigenvalue weighted by Crippen LogP contribution is -2.21. The topological polar surface area (TPSA) is 55.4 Å². The van der Waals surface area contributed by atoms with E-state index in [1.165, 1.54) is 12.1 Å². The largest absolute Gasteiger partial charge is 0.452 e. The van der Waals surface area contributed by atoms with Gasteiger partial charge in [-0.2, -0.15) is 0 Å². The van der Waals surface area contributed by atoms with E-state index in [9.17, 15) is 9.59 Å². The number of carbonyl (C=O) groups excluding carboxylic acids is 2. The molecule has 0 aliphatic rings. The molecule has 1 N–H and O–H groups in total. The first-order valence-corrected chi connectivity index (χ1v) is 7.69. The van der Waals surface area contributed by atoms with Crippen molar-refractivity contribution in [2.75, 3.05) is 11.9 Å². The van der Waals surface area contributed by atoms with E-state index < -0.39 is 18.5 Å². The molecular formula is C16H12Cl3NO3. The van der Waals surface area contributed by atoms with Crippen LogP contribution in [0, 0.1) is 6.92 Å². The monoisotopic (exact) mass is 371 g/mol. The number of nitrogens with one attached hydrogen (secondary N) is 1. The summed E-state index contributed by atoms with van der Waals surface area (Å²) in [5.74, 6) is -1.26. The van der Waals surface area contributed by atoms with Crippen LogP contribution < -0.4 is 5.32 Å². The van der Waals surface area contributed by atoms with Gasteiger partial charge in [0.05, 0.1) is 15.6 Å². The number of halogens is 3. The quantitative estimate of drug-likeness (QED) is 0.788. The van der Waals surface area contributed by atoms with Gasteiger partial charge in [0.25, 0.3) is 5.91 Å². The lowest BCUT2D eigenvalue weighted by atomic mass is 10.2. The van der Waals surface area contributed by atoms with Gasteiger partial charge < -0.3 is 10.1 Å². The lowest BCUT2D eigenvalue weighted by molar-refractivity contribution is -0.119. The van der Waals surface area contributed by atoms with Crippen LogP contribution in [0.15, 0.2) is 36.4 Å². The molecule has 0 saturated carbocycles. The first-order valence-electron chi connectivity index (χ1n) is 6.55. The number of benzene rings is 2. The molecule has 0 heterocycles. The van der Waals surface area contributed by atoms with Crippen molar-refractivity contribution in [3.05, 3.63) is 62.6 Å². The second kappa shape index (κ2) is 7.68. The summed E-state index contributed by atoms with van der Waals surface area (Å²) in [4.78, 5) is 23.9. The number of aryl methyl sites for hydroxylation is 1. The Morgan fingerprint density at radius 2 is 1.74 bits per heavy atom. The Balaban J connectivity index is 1.99. The summed E-state index contributed by atoms with van der Waals surface area (Å²) >= 11 is 17.7. The molecule has 23 heavy (non-hydrogen) atoms. The molecule has 2 rings (SSSR count). The molecule has 7 heteroatoms. The van der Waals surface area contributed by atoms with E-state index >= 15 is 0 Å². The average molecular weight is 373 g/mol. The summed E-state index contributed by atoms with van der Waals surface area (Å²) < 4.78 is 4.94. The van der Waals surface area contributed by atoms with Gasteiger partial charge in [0.1, 0.15) is 0 Å². The summed E-state index contributed by atoms with van der Waals surface area (Å²) in [5, 5.41) is 3.43. The second-order valence-corrected chi connectivity index (χ2v) is 5.93. The molecule has 0 aliphatic heterocycles. The van der Waals surface area contributed by atoms with Gasteiger partial charge in [0, 0.05) is 10.7 Å². The molecule has 0 aliphatic carbocycles. The minimum atomic E-state index is -0.765. The zero-order valence-electron chi connectivity index (χ0n) is 12.0. The smallest absolute Gasteiger partial charge is 0.341 e. The fourth-order valence-corrected chi connectivity index (χ4v) is 2.54. The molecule has 0 radical (unpaired) electrons. The third-order valence-corrected chi connectivity index (χ3v) is 3.84. The van der Waals surface area contributed by atoms with Gasteiger partial charge in [-0.3, -0.25) is 4.79 Å². The zero-order valence-corrected chi connectivity index (χ0v) is 14.3. The van der Waals surface area contributed by atoms with Gasteiger partial charge >= 0.3 is 5.97 Å². The van der Waals surface area contributed by atoms with Gasteiger partial charge in [0.15, 0.2) is 6.61 Å². The van der Waals surface area contributed by atoms with Crippen LogP contribution in [0.2, 0.25) is 15.1 Å². The Kier molecular flexibility index (Phi) is 5.88. The van der Waals surface area contributed by atoms with Crippen molar-refractivity contribution in [2.24, 2.45) is 0 Å². The minimum Gasteiger partial charge on any atom is -0.452 e.